The highest BCUT2D eigenvalue weighted by atomic mass is 32.2. The van der Waals surface area contributed by atoms with Crippen LogP contribution in [0.25, 0.3) is 0 Å². The fourth-order valence-corrected chi connectivity index (χ4v) is 8.22. The van der Waals surface area contributed by atoms with Crippen LogP contribution in [0, 0.1) is 0 Å². The van der Waals surface area contributed by atoms with Crippen molar-refractivity contribution in [3.8, 4) is 0 Å². The fourth-order valence-electron chi connectivity index (χ4n) is 4.90. The average molecular weight is 612 g/mol. The van der Waals surface area contributed by atoms with Crippen molar-refractivity contribution in [2.24, 2.45) is 0 Å². The number of sulfone groups is 1. The van der Waals surface area contributed by atoms with Crippen LogP contribution in [-0.2, 0) is 20.7 Å². The minimum Gasteiger partial charge on any atom is -0.289 e. The Morgan fingerprint density at radius 2 is 0.659 bits per heavy atom. The summed E-state index contributed by atoms with van der Waals surface area (Å²) in [6.07, 6.45) is 0. The summed E-state index contributed by atoms with van der Waals surface area (Å²) >= 11 is 0. The summed E-state index contributed by atoms with van der Waals surface area (Å²) in [7, 11) is -4.34. The van der Waals surface area contributed by atoms with Crippen LogP contribution in [0.2, 0.25) is 0 Å². The maximum atomic E-state index is 13.5. The van der Waals surface area contributed by atoms with Gasteiger partial charge < -0.3 is 0 Å². The highest BCUT2D eigenvalue weighted by Gasteiger charge is 2.30. The van der Waals surface area contributed by atoms with E-state index in [2.05, 4.69) is 12.1 Å². The van der Waals surface area contributed by atoms with Gasteiger partial charge in [-0.3, -0.25) is 9.59 Å². The smallest absolute Gasteiger partial charge is 0.206 e. The molecule has 0 spiro atoms. The molecular formula is C38H27O4S2+. The summed E-state index contributed by atoms with van der Waals surface area (Å²) in [4.78, 5) is 29.0. The van der Waals surface area contributed by atoms with Crippen molar-refractivity contribution in [3.05, 3.63) is 186 Å². The van der Waals surface area contributed by atoms with E-state index in [4.69, 9.17) is 0 Å². The van der Waals surface area contributed by atoms with Crippen LogP contribution in [0.4, 0.5) is 0 Å². The van der Waals surface area contributed by atoms with Crippen LogP contribution in [0.3, 0.4) is 0 Å². The predicted octanol–water partition coefficient (Wildman–Crippen LogP) is 8.08. The zero-order chi connectivity index (χ0) is 30.5. The van der Waals surface area contributed by atoms with Gasteiger partial charge in [0.1, 0.15) is 0 Å². The molecule has 0 saturated heterocycles. The molecule has 6 heteroatoms. The Balaban J connectivity index is 1.28. The minimum absolute atomic E-state index is 0.0382. The van der Waals surface area contributed by atoms with Gasteiger partial charge >= 0.3 is 0 Å². The number of hydrogen-bond acceptors (Lipinski definition) is 4. The second-order valence-electron chi connectivity index (χ2n) is 10.0. The van der Waals surface area contributed by atoms with E-state index < -0.39 is 20.7 Å². The van der Waals surface area contributed by atoms with Crippen LogP contribution >= 0.6 is 0 Å². The molecule has 0 N–H and O–H groups in total. The van der Waals surface area contributed by atoms with Crippen LogP contribution in [0.1, 0.15) is 31.8 Å². The molecule has 0 heterocycles. The molecule has 6 rings (SSSR count). The van der Waals surface area contributed by atoms with Gasteiger partial charge in [0, 0.05) is 22.3 Å². The van der Waals surface area contributed by atoms with E-state index in [1.165, 1.54) is 12.1 Å². The van der Waals surface area contributed by atoms with Crippen molar-refractivity contribution >= 4 is 32.3 Å². The standard InChI is InChI=1S/C38H27O4S2/c39-37(28-10-4-1-5-11-28)30-16-20-33(21-17-30)43(32-14-8-3-9-15-32)34-22-26-36(27-23-34)44(41,42)35-24-18-31(19-25-35)38(40)29-12-6-2-7-13-29/h1-27H/q+1. The number of carbonyl (C=O) groups excluding carboxylic acids is 2. The summed E-state index contributed by atoms with van der Waals surface area (Å²) in [6, 6.07) is 48.7. The van der Waals surface area contributed by atoms with E-state index >= 15 is 0 Å². The molecule has 6 aromatic carbocycles. The molecule has 44 heavy (non-hydrogen) atoms. The van der Waals surface area contributed by atoms with Gasteiger partial charge in [-0.15, -0.1) is 0 Å². The Kier molecular flexibility index (Phi) is 8.37. The quantitative estimate of drug-likeness (QED) is 0.122. The third-order valence-electron chi connectivity index (χ3n) is 7.20. The lowest BCUT2D eigenvalue weighted by Crippen LogP contribution is -2.08. The van der Waals surface area contributed by atoms with Gasteiger partial charge in [0.05, 0.1) is 20.7 Å². The lowest BCUT2D eigenvalue weighted by molar-refractivity contribution is 0.103. The van der Waals surface area contributed by atoms with Crippen molar-refractivity contribution in [2.45, 2.75) is 24.5 Å². The van der Waals surface area contributed by atoms with Gasteiger partial charge in [-0.05, 0) is 84.9 Å². The normalized spacial score (nSPS) is 11.9. The fraction of sp³-hybridized carbons (Fsp3) is 0. The van der Waals surface area contributed by atoms with Crippen LogP contribution in [0.15, 0.2) is 188 Å². The van der Waals surface area contributed by atoms with Gasteiger partial charge in [-0.1, -0.05) is 78.9 Å². The maximum Gasteiger partial charge on any atom is 0.206 e. The highest BCUT2D eigenvalue weighted by Crippen LogP contribution is 2.33. The average Bonchev–Trinajstić information content (AvgIpc) is 3.09. The van der Waals surface area contributed by atoms with E-state index in [9.17, 15) is 18.0 Å². The van der Waals surface area contributed by atoms with E-state index in [-0.39, 0.29) is 21.4 Å². The first-order chi connectivity index (χ1) is 21.4. The predicted molar refractivity (Wildman–Crippen MR) is 173 cm³/mol. The third kappa shape index (κ3) is 6.04. The Bertz CT molecular complexity index is 2010. The summed E-state index contributed by atoms with van der Waals surface area (Å²) in [5, 5.41) is 0. The van der Waals surface area contributed by atoms with Crippen molar-refractivity contribution in [1.82, 2.24) is 0 Å². The monoisotopic (exact) mass is 611 g/mol. The number of rotatable bonds is 9. The summed E-state index contributed by atoms with van der Waals surface area (Å²) < 4.78 is 27.0. The molecule has 0 aromatic heterocycles. The van der Waals surface area contributed by atoms with Gasteiger partial charge in [0.15, 0.2) is 26.3 Å². The third-order valence-corrected chi connectivity index (χ3v) is 11.2. The number of carbonyl (C=O) groups is 2. The van der Waals surface area contributed by atoms with Crippen LogP contribution in [0.5, 0.6) is 0 Å². The molecule has 4 nitrogen and oxygen atoms in total. The molecule has 6 aromatic rings. The lowest BCUT2D eigenvalue weighted by atomic mass is 10.0. The number of benzene rings is 6. The van der Waals surface area contributed by atoms with Crippen molar-refractivity contribution in [2.75, 3.05) is 0 Å². The number of ketones is 2. The minimum atomic E-state index is -3.81. The summed E-state index contributed by atoms with van der Waals surface area (Å²) in [5.74, 6) is -0.201. The molecule has 1 unspecified atom stereocenters. The topological polar surface area (TPSA) is 68.3 Å². The number of hydrogen-bond donors (Lipinski definition) is 0. The Labute approximate surface area is 259 Å². The van der Waals surface area contributed by atoms with Gasteiger partial charge in [0.2, 0.25) is 9.84 Å². The molecule has 0 aliphatic carbocycles. The molecule has 0 aliphatic rings. The van der Waals surface area contributed by atoms with Crippen molar-refractivity contribution in [3.63, 3.8) is 0 Å². The maximum absolute atomic E-state index is 13.5. The Hall–Kier alpha value is -5.04. The van der Waals surface area contributed by atoms with E-state index in [0.717, 1.165) is 14.7 Å². The molecule has 1 atom stereocenters. The van der Waals surface area contributed by atoms with Gasteiger partial charge in [-0.2, -0.15) is 0 Å². The van der Waals surface area contributed by atoms with E-state index in [0.29, 0.717) is 22.3 Å². The first-order valence-electron chi connectivity index (χ1n) is 14.0. The molecule has 0 saturated carbocycles. The molecular weight excluding hydrogens is 585 g/mol. The summed E-state index contributed by atoms with van der Waals surface area (Å²) in [5.41, 5.74) is 2.21. The Morgan fingerprint density at radius 3 is 1.09 bits per heavy atom. The second-order valence-corrected chi connectivity index (χ2v) is 14.0. The SMILES string of the molecule is O=C(c1ccccc1)c1ccc([S+](c2ccccc2)c2ccc(S(=O)(=O)c3ccc(C(=O)c4ccccc4)cc3)cc2)cc1. The lowest BCUT2D eigenvalue weighted by Gasteiger charge is -2.10. The van der Waals surface area contributed by atoms with E-state index in [1.54, 1.807) is 60.7 Å². The summed E-state index contributed by atoms with van der Waals surface area (Å²) in [6.45, 7) is 0. The first-order valence-corrected chi connectivity index (χ1v) is 16.7. The molecule has 0 fully saturated rings. The van der Waals surface area contributed by atoms with Crippen molar-refractivity contribution < 1.29 is 18.0 Å². The molecule has 214 valence electrons. The Morgan fingerprint density at radius 1 is 0.364 bits per heavy atom. The van der Waals surface area contributed by atoms with Crippen LogP contribution in [-0.4, -0.2) is 20.0 Å². The highest BCUT2D eigenvalue weighted by molar-refractivity contribution is 7.97. The van der Waals surface area contributed by atoms with E-state index in [1.807, 2.05) is 78.9 Å². The second kappa shape index (κ2) is 12.7. The van der Waals surface area contributed by atoms with Crippen LogP contribution < -0.4 is 0 Å². The zero-order valence-electron chi connectivity index (χ0n) is 23.5. The molecule has 0 aliphatic heterocycles. The largest absolute Gasteiger partial charge is 0.289 e. The molecule has 0 bridgehead atoms. The molecule has 0 radical (unpaired) electrons. The first kappa shape index (κ1) is 29.1. The zero-order valence-corrected chi connectivity index (χ0v) is 25.2. The van der Waals surface area contributed by atoms with Crippen molar-refractivity contribution in [1.29, 1.82) is 0 Å². The van der Waals surface area contributed by atoms with Gasteiger partial charge in [-0.25, -0.2) is 8.42 Å². The molecule has 0 amide bonds. The van der Waals surface area contributed by atoms with Gasteiger partial charge in [0.25, 0.3) is 0 Å².